The molecule has 6 heteroatoms. The Morgan fingerprint density at radius 1 is 0.852 bits per heavy atom. The molecular weight excluding hydrogens is 364 g/mol. The lowest BCUT2D eigenvalue weighted by Crippen LogP contribution is -2.21. The van der Waals surface area contributed by atoms with E-state index in [9.17, 15) is 9.59 Å². The number of benzene rings is 2. The Morgan fingerprint density at radius 3 is 1.81 bits per heavy atom. The molecule has 5 nitrogen and oxygen atoms in total. The topological polar surface area (TPSA) is 67.4 Å². The van der Waals surface area contributed by atoms with Crippen LogP contribution in [0.15, 0.2) is 59.7 Å². The maximum atomic E-state index is 12.6. The average Bonchev–Trinajstić information content (AvgIpc) is 3.20. The Morgan fingerprint density at radius 2 is 1.33 bits per heavy atom. The number of hydrogen-bond donors (Lipinski definition) is 2. The van der Waals surface area contributed by atoms with Gasteiger partial charge in [-0.25, -0.2) is 0 Å². The highest BCUT2D eigenvalue weighted by Crippen LogP contribution is 2.37. The lowest BCUT2D eigenvalue weighted by atomic mass is 10.0. The first-order valence-corrected chi connectivity index (χ1v) is 8.50. The maximum Gasteiger partial charge on any atom is 0.258 e. The average molecular weight is 377 g/mol. The Bertz CT molecular complexity index is 1060. The second kappa shape index (κ2) is 6.67. The highest BCUT2D eigenvalue weighted by atomic mass is 35.5. The van der Waals surface area contributed by atoms with E-state index in [1.165, 1.54) is 0 Å². The first-order valence-electron chi connectivity index (χ1n) is 8.12. The minimum Gasteiger partial charge on any atom is -0.481 e. The highest BCUT2D eigenvalue weighted by molar-refractivity contribution is 6.31. The van der Waals surface area contributed by atoms with Gasteiger partial charge in [0.2, 0.25) is 0 Å². The zero-order valence-electron chi connectivity index (χ0n) is 14.0. The third-order valence-corrected chi connectivity index (χ3v) is 4.53. The van der Waals surface area contributed by atoms with E-state index in [1.807, 2.05) is 0 Å². The van der Waals surface area contributed by atoms with Crippen molar-refractivity contribution < 1.29 is 14.3 Å². The molecule has 0 saturated heterocycles. The molecule has 2 amide bonds. The summed E-state index contributed by atoms with van der Waals surface area (Å²) in [7, 11) is 0. The summed E-state index contributed by atoms with van der Waals surface area (Å²) in [6.07, 6.45) is 5.18. The van der Waals surface area contributed by atoms with Crippen LogP contribution in [0.3, 0.4) is 0 Å². The second-order valence-corrected chi connectivity index (χ2v) is 6.37. The quantitative estimate of drug-likeness (QED) is 0.806. The van der Waals surface area contributed by atoms with Crippen molar-refractivity contribution in [1.29, 1.82) is 0 Å². The van der Waals surface area contributed by atoms with Crippen LogP contribution >= 0.6 is 11.6 Å². The Kier molecular flexibility index (Phi) is 4.19. The van der Waals surface area contributed by atoms with Crippen molar-refractivity contribution >= 4 is 34.8 Å². The fraction of sp³-hybridized carbons (Fsp3) is 0.0476. The molecule has 2 N–H and O–H groups in total. The standard InChI is InChI=1S/C21H13ClN2O3/c1-2-11-27-15-9-5-13(6-10-15)19-17-16(20(25)24-19)18(23-21(17)26)12-3-7-14(22)8-4-12/h1,3-10H,11H2,(H,23,26)(H,24,25). The smallest absolute Gasteiger partial charge is 0.258 e. The molecule has 0 bridgehead atoms. The number of terminal acetylenes is 1. The van der Waals surface area contributed by atoms with Crippen molar-refractivity contribution in [3.8, 4) is 18.1 Å². The van der Waals surface area contributed by atoms with Gasteiger partial charge in [0.1, 0.15) is 12.4 Å². The molecule has 4 rings (SSSR count). The van der Waals surface area contributed by atoms with Gasteiger partial charge in [-0.3, -0.25) is 9.59 Å². The van der Waals surface area contributed by atoms with Crippen molar-refractivity contribution in [1.82, 2.24) is 10.6 Å². The second-order valence-electron chi connectivity index (χ2n) is 5.93. The summed E-state index contributed by atoms with van der Waals surface area (Å²) in [4.78, 5) is 25.1. The molecule has 0 saturated carbocycles. The Balaban J connectivity index is 1.76. The number of rotatable bonds is 4. The fourth-order valence-corrected chi connectivity index (χ4v) is 3.20. The van der Waals surface area contributed by atoms with Crippen LogP contribution in [0.25, 0.3) is 11.4 Å². The lowest BCUT2D eigenvalue weighted by Gasteiger charge is -2.08. The largest absolute Gasteiger partial charge is 0.481 e. The zero-order chi connectivity index (χ0) is 19.0. The van der Waals surface area contributed by atoms with E-state index in [0.29, 0.717) is 44.4 Å². The molecule has 27 heavy (non-hydrogen) atoms. The molecule has 0 atom stereocenters. The minimum absolute atomic E-state index is 0.170. The Labute approximate surface area is 160 Å². The van der Waals surface area contributed by atoms with Crippen LogP contribution in [0.4, 0.5) is 0 Å². The zero-order valence-corrected chi connectivity index (χ0v) is 14.8. The molecular formula is C21H13ClN2O3. The van der Waals surface area contributed by atoms with Gasteiger partial charge in [0.05, 0.1) is 22.5 Å². The van der Waals surface area contributed by atoms with E-state index < -0.39 is 0 Å². The summed E-state index contributed by atoms with van der Waals surface area (Å²) in [5.41, 5.74) is 3.04. The number of ether oxygens (including phenoxy) is 1. The van der Waals surface area contributed by atoms with Crippen LogP contribution in [0.2, 0.25) is 5.02 Å². The predicted octanol–water partition coefficient (Wildman–Crippen LogP) is 2.73. The highest BCUT2D eigenvalue weighted by Gasteiger charge is 2.40. The van der Waals surface area contributed by atoms with Crippen molar-refractivity contribution in [2.45, 2.75) is 0 Å². The molecule has 0 radical (unpaired) electrons. The van der Waals surface area contributed by atoms with Crippen molar-refractivity contribution in [3.63, 3.8) is 0 Å². The molecule has 2 heterocycles. The van der Waals surface area contributed by atoms with Gasteiger partial charge >= 0.3 is 0 Å². The molecule has 0 fully saturated rings. The molecule has 0 spiro atoms. The molecule has 2 aromatic rings. The van der Waals surface area contributed by atoms with Gasteiger partial charge in [-0.15, -0.1) is 6.42 Å². The summed E-state index contributed by atoms with van der Waals surface area (Å²) in [5, 5.41) is 6.17. The predicted molar refractivity (Wildman–Crippen MR) is 102 cm³/mol. The van der Waals surface area contributed by atoms with Crippen LogP contribution in [0.5, 0.6) is 5.75 Å². The maximum absolute atomic E-state index is 12.6. The number of nitrogens with one attached hydrogen (secondary N) is 2. The van der Waals surface area contributed by atoms with Gasteiger partial charge in [-0.2, -0.15) is 0 Å². The molecule has 132 valence electrons. The van der Waals surface area contributed by atoms with Crippen LogP contribution in [0.1, 0.15) is 11.1 Å². The van der Waals surface area contributed by atoms with E-state index >= 15 is 0 Å². The molecule has 2 aromatic carbocycles. The van der Waals surface area contributed by atoms with Crippen molar-refractivity contribution in [3.05, 3.63) is 75.8 Å². The van der Waals surface area contributed by atoms with E-state index in [1.54, 1.807) is 48.5 Å². The summed E-state index contributed by atoms with van der Waals surface area (Å²) >= 11 is 5.92. The first kappa shape index (κ1) is 17.0. The van der Waals surface area contributed by atoms with Gasteiger partial charge in [0.25, 0.3) is 11.8 Å². The van der Waals surface area contributed by atoms with E-state index in [0.717, 1.165) is 0 Å². The molecule has 0 aliphatic carbocycles. The van der Waals surface area contributed by atoms with Crippen LogP contribution < -0.4 is 15.4 Å². The fourth-order valence-electron chi connectivity index (χ4n) is 3.07. The van der Waals surface area contributed by atoms with Crippen LogP contribution in [0, 0.1) is 12.3 Å². The van der Waals surface area contributed by atoms with Crippen LogP contribution in [-0.2, 0) is 9.59 Å². The molecule has 0 unspecified atom stereocenters. The molecule has 2 aliphatic heterocycles. The van der Waals surface area contributed by atoms with Gasteiger partial charge in [0.15, 0.2) is 0 Å². The molecule has 2 aliphatic rings. The van der Waals surface area contributed by atoms with Crippen molar-refractivity contribution in [2.75, 3.05) is 6.61 Å². The van der Waals surface area contributed by atoms with Gasteiger partial charge in [-0.05, 0) is 47.5 Å². The monoisotopic (exact) mass is 376 g/mol. The number of amides is 2. The first-order chi connectivity index (χ1) is 13.1. The number of fused-ring (bicyclic) bond motifs is 1. The summed E-state index contributed by atoms with van der Waals surface area (Å²) in [5.74, 6) is 2.36. The van der Waals surface area contributed by atoms with Gasteiger partial charge < -0.3 is 15.4 Å². The normalized spacial score (nSPS) is 15.4. The van der Waals surface area contributed by atoms with E-state index in [4.69, 9.17) is 22.8 Å². The van der Waals surface area contributed by atoms with Gasteiger partial charge in [-0.1, -0.05) is 29.7 Å². The third-order valence-electron chi connectivity index (χ3n) is 4.28. The summed E-state index contributed by atoms with van der Waals surface area (Å²) in [6, 6.07) is 14.0. The van der Waals surface area contributed by atoms with Gasteiger partial charge in [0, 0.05) is 5.02 Å². The Hall–Kier alpha value is -3.49. The lowest BCUT2D eigenvalue weighted by molar-refractivity contribution is -0.117. The number of hydrogen-bond acceptors (Lipinski definition) is 3. The summed E-state index contributed by atoms with van der Waals surface area (Å²) < 4.78 is 5.35. The number of carbonyl (C=O) groups is 2. The third kappa shape index (κ3) is 2.97. The van der Waals surface area contributed by atoms with E-state index in [2.05, 4.69) is 16.6 Å². The summed E-state index contributed by atoms with van der Waals surface area (Å²) in [6.45, 7) is 0.170. The molecule has 0 aromatic heterocycles. The SMILES string of the molecule is C#CCOc1ccc(C2=C3C(=O)NC(c4ccc(Cl)cc4)=C3C(=O)N2)cc1. The number of halogens is 1. The van der Waals surface area contributed by atoms with E-state index in [-0.39, 0.29) is 18.4 Å². The van der Waals surface area contributed by atoms with Crippen LogP contribution in [-0.4, -0.2) is 18.4 Å². The van der Waals surface area contributed by atoms with Crippen molar-refractivity contribution in [2.24, 2.45) is 0 Å². The minimum atomic E-state index is -0.323. The number of carbonyl (C=O) groups excluding carboxylic acids is 2.